The van der Waals surface area contributed by atoms with Gasteiger partial charge in [-0.2, -0.15) is 0 Å². The molecule has 21 heavy (non-hydrogen) atoms. The van der Waals surface area contributed by atoms with E-state index in [2.05, 4.69) is 10.6 Å². The van der Waals surface area contributed by atoms with Gasteiger partial charge in [-0.15, -0.1) is 0 Å². The quantitative estimate of drug-likeness (QED) is 0.757. The van der Waals surface area contributed by atoms with E-state index >= 15 is 0 Å². The monoisotopic (exact) mass is 290 g/mol. The Hall–Kier alpha value is -1.88. The van der Waals surface area contributed by atoms with Gasteiger partial charge in [-0.25, -0.2) is 0 Å². The Morgan fingerprint density at radius 3 is 2.52 bits per heavy atom. The normalized spacial score (nSPS) is 21.0. The Morgan fingerprint density at radius 2 is 1.90 bits per heavy atom. The maximum Gasteiger partial charge on any atom is 0.251 e. The van der Waals surface area contributed by atoms with Gasteiger partial charge >= 0.3 is 0 Å². The van der Waals surface area contributed by atoms with Gasteiger partial charge in [0.25, 0.3) is 5.91 Å². The first kappa shape index (κ1) is 15.5. The van der Waals surface area contributed by atoms with E-state index < -0.39 is 0 Å². The summed E-state index contributed by atoms with van der Waals surface area (Å²) in [6.07, 6.45) is 2.27. The van der Waals surface area contributed by atoms with E-state index in [9.17, 15) is 14.7 Å². The van der Waals surface area contributed by atoms with Crippen LogP contribution in [0.25, 0.3) is 0 Å². The summed E-state index contributed by atoms with van der Waals surface area (Å²) in [7, 11) is 0. The van der Waals surface area contributed by atoms with Crippen LogP contribution in [-0.2, 0) is 4.79 Å². The van der Waals surface area contributed by atoms with Gasteiger partial charge < -0.3 is 15.7 Å². The highest BCUT2D eigenvalue weighted by molar-refractivity contribution is 5.96. The number of aliphatic hydroxyl groups is 1. The van der Waals surface area contributed by atoms with Gasteiger partial charge in [-0.05, 0) is 44.2 Å². The van der Waals surface area contributed by atoms with E-state index in [1.807, 2.05) is 19.1 Å². The molecule has 2 rings (SSSR count). The lowest BCUT2D eigenvalue weighted by molar-refractivity contribution is -0.120. The second-order valence-electron chi connectivity index (χ2n) is 5.69. The van der Waals surface area contributed by atoms with Crippen molar-refractivity contribution in [1.29, 1.82) is 0 Å². The summed E-state index contributed by atoms with van der Waals surface area (Å²) in [5.41, 5.74) is 1.63. The summed E-state index contributed by atoms with van der Waals surface area (Å²) in [6, 6.07) is 7.20. The number of aliphatic hydroxyl groups excluding tert-OH is 1. The Morgan fingerprint density at radius 1 is 1.19 bits per heavy atom. The highest BCUT2D eigenvalue weighted by Crippen LogP contribution is 2.24. The van der Waals surface area contributed by atoms with Crippen molar-refractivity contribution in [3.63, 3.8) is 0 Å². The number of benzene rings is 1. The number of carbonyl (C=O) groups excluding carboxylic acids is 2. The van der Waals surface area contributed by atoms with Crippen molar-refractivity contribution in [2.24, 2.45) is 5.92 Å². The van der Waals surface area contributed by atoms with E-state index in [1.54, 1.807) is 12.1 Å². The molecule has 1 fully saturated rings. The van der Waals surface area contributed by atoms with Crippen molar-refractivity contribution in [1.82, 2.24) is 10.6 Å². The van der Waals surface area contributed by atoms with E-state index in [-0.39, 0.29) is 24.5 Å². The van der Waals surface area contributed by atoms with Crippen LogP contribution in [0.15, 0.2) is 24.3 Å². The fourth-order valence-corrected chi connectivity index (χ4v) is 2.52. The van der Waals surface area contributed by atoms with Gasteiger partial charge in [-0.1, -0.05) is 17.7 Å². The van der Waals surface area contributed by atoms with Crippen LogP contribution in [0.1, 0.15) is 35.2 Å². The lowest BCUT2D eigenvalue weighted by Gasteiger charge is -2.11. The summed E-state index contributed by atoms with van der Waals surface area (Å²) < 4.78 is 0. The maximum atomic E-state index is 11.8. The maximum absolute atomic E-state index is 11.8. The third-order valence-corrected chi connectivity index (χ3v) is 3.82. The van der Waals surface area contributed by atoms with E-state index in [0.717, 1.165) is 24.8 Å². The lowest BCUT2D eigenvalue weighted by atomic mass is 10.1. The zero-order valence-electron chi connectivity index (χ0n) is 12.3. The number of nitrogens with one attached hydrogen (secondary N) is 2. The Balaban J connectivity index is 1.68. The molecule has 0 saturated heterocycles. The highest BCUT2D eigenvalue weighted by atomic mass is 16.3. The molecule has 1 saturated carbocycles. The van der Waals surface area contributed by atoms with Gasteiger partial charge in [0.05, 0.1) is 12.6 Å². The van der Waals surface area contributed by atoms with Crippen LogP contribution >= 0.6 is 0 Å². The molecule has 3 N–H and O–H groups in total. The molecule has 2 atom stereocenters. The first-order valence-corrected chi connectivity index (χ1v) is 7.34. The van der Waals surface area contributed by atoms with Crippen molar-refractivity contribution in [2.45, 2.75) is 32.3 Å². The van der Waals surface area contributed by atoms with Gasteiger partial charge in [0, 0.05) is 12.1 Å². The Bertz CT molecular complexity index is 499. The molecular weight excluding hydrogens is 268 g/mol. The average Bonchev–Trinajstić information content (AvgIpc) is 2.89. The molecule has 1 aromatic rings. The van der Waals surface area contributed by atoms with Crippen molar-refractivity contribution in [3.8, 4) is 0 Å². The summed E-state index contributed by atoms with van der Waals surface area (Å²) in [5, 5.41) is 14.8. The molecule has 0 heterocycles. The van der Waals surface area contributed by atoms with Crippen LogP contribution in [0.2, 0.25) is 0 Å². The molecule has 5 heteroatoms. The standard InChI is InChI=1S/C16H22N2O3/c1-11-2-5-13(6-3-11)16(21)18-10-15(20)17-9-12-4-7-14(19)8-12/h2-3,5-6,12,14,19H,4,7-10H2,1H3,(H,17,20)(H,18,21). The third-order valence-electron chi connectivity index (χ3n) is 3.82. The summed E-state index contributed by atoms with van der Waals surface area (Å²) in [6.45, 7) is 2.49. The first-order valence-electron chi connectivity index (χ1n) is 7.34. The molecule has 1 aromatic carbocycles. The minimum Gasteiger partial charge on any atom is -0.393 e. The predicted molar refractivity (Wildman–Crippen MR) is 79.9 cm³/mol. The van der Waals surface area contributed by atoms with Crippen LogP contribution in [0.3, 0.4) is 0 Å². The van der Waals surface area contributed by atoms with Crippen molar-refractivity contribution in [3.05, 3.63) is 35.4 Å². The topological polar surface area (TPSA) is 78.4 Å². The molecule has 0 aliphatic heterocycles. The first-order chi connectivity index (χ1) is 10.0. The minimum absolute atomic E-state index is 0.0258. The average molecular weight is 290 g/mol. The molecule has 1 aliphatic carbocycles. The molecule has 5 nitrogen and oxygen atoms in total. The second-order valence-corrected chi connectivity index (χ2v) is 5.69. The smallest absolute Gasteiger partial charge is 0.251 e. The number of hydrogen-bond donors (Lipinski definition) is 3. The molecule has 114 valence electrons. The van der Waals surface area contributed by atoms with Gasteiger partial charge in [-0.3, -0.25) is 9.59 Å². The number of carbonyl (C=O) groups is 2. The number of hydrogen-bond acceptors (Lipinski definition) is 3. The molecule has 0 bridgehead atoms. The molecular formula is C16H22N2O3. The van der Waals surface area contributed by atoms with E-state index in [4.69, 9.17) is 0 Å². The zero-order chi connectivity index (χ0) is 15.2. The van der Waals surface area contributed by atoms with E-state index in [1.165, 1.54) is 0 Å². The van der Waals surface area contributed by atoms with Crippen molar-refractivity contribution in [2.75, 3.05) is 13.1 Å². The van der Waals surface area contributed by atoms with Gasteiger partial charge in [0.2, 0.25) is 5.91 Å². The SMILES string of the molecule is Cc1ccc(C(=O)NCC(=O)NCC2CCC(O)C2)cc1. The number of amides is 2. The minimum atomic E-state index is -0.249. The van der Waals surface area contributed by atoms with Crippen LogP contribution < -0.4 is 10.6 Å². The predicted octanol–water partition coefficient (Wildman–Crippen LogP) is 1.00. The molecule has 2 amide bonds. The Kier molecular flexibility index (Phi) is 5.33. The molecule has 0 radical (unpaired) electrons. The molecule has 1 aliphatic rings. The van der Waals surface area contributed by atoms with Crippen molar-refractivity contribution >= 4 is 11.8 Å². The second kappa shape index (κ2) is 7.22. The number of aryl methyl sites for hydroxylation is 1. The fraction of sp³-hybridized carbons (Fsp3) is 0.500. The summed E-state index contributed by atoms with van der Waals surface area (Å²) in [4.78, 5) is 23.5. The fourth-order valence-electron chi connectivity index (χ4n) is 2.52. The lowest BCUT2D eigenvalue weighted by Crippen LogP contribution is -2.38. The molecule has 2 unspecified atom stereocenters. The highest BCUT2D eigenvalue weighted by Gasteiger charge is 2.22. The van der Waals surface area contributed by atoms with E-state index in [0.29, 0.717) is 18.0 Å². The Labute approximate surface area is 124 Å². The van der Waals surface area contributed by atoms with Crippen LogP contribution in [0.4, 0.5) is 0 Å². The summed E-state index contributed by atoms with van der Waals surface area (Å²) >= 11 is 0. The molecule has 0 aromatic heterocycles. The van der Waals surface area contributed by atoms with Crippen LogP contribution in [0, 0.1) is 12.8 Å². The summed E-state index contributed by atoms with van der Waals surface area (Å²) in [5.74, 6) is -0.102. The zero-order valence-corrected chi connectivity index (χ0v) is 12.3. The van der Waals surface area contributed by atoms with Crippen molar-refractivity contribution < 1.29 is 14.7 Å². The van der Waals surface area contributed by atoms with Gasteiger partial charge in [0.1, 0.15) is 0 Å². The van der Waals surface area contributed by atoms with Crippen LogP contribution in [-0.4, -0.2) is 36.1 Å². The van der Waals surface area contributed by atoms with Gasteiger partial charge in [0.15, 0.2) is 0 Å². The largest absolute Gasteiger partial charge is 0.393 e. The molecule has 0 spiro atoms. The number of rotatable bonds is 5. The van der Waals surface area contributed by atoms with Crippen LogP contribution in [0.5, 0.6) is 0 Å². The third kappa shape index (κ3) is 4.86.